The van der Waals surface area contributed by atoms with Crippen molar-refractivity contribution in [2.24, 2.45) is 5.92 Å². The van der Waals surface area contributed by atoms with Crippen molar-refractivity contribution in [3.8, 4) is 11.1 Å². The van der Waals surface area contributed by atoms with E-state index in [0.717, 1.165) is 53.0 Å². The van der Waals surface area contributed by atoms with Crippen LogP contribution in [-0.4, -0.2) is 44.2 Å². The van der Waals surface area contributed by atoms with E-state index < -0.39 is 16.3 Å². The van der Waals surface area contributed by atoms with Crippen LogP contribution in [0.3, 0.4) is 0 Å². The molecule has 1 aliphatic rings. The molecule has 5 rings (SSSR count). The number of unbranched alkanes of at least 4 members (excludes halogenated alkanes) is 10. The van der Waals surface area contributed by atoms with Crippen molar-refractivity contribution < 1.29 is 23.0 Å². The van der Waals surface area contributed by atoms with E-state index in [4.69, 9.17) is 9.47 Å². The Labute approximate surface area is 337 Å². The predicted molar refractivity (Wildman–Crippen MR) is 229 cm³/mol. The molecule has 4 aromatic rings. The lowest BCUT2D eigenvalue weighted by molar-refractivity contribution is -0.276. The fraction of sp³-hybridized carbons (Fsp3) is 0.500. The number of aliphatic hydroxyl groups is 1. The third-order valence-electron chi connectivity index (χ3n) is 11.2. The molecule has 4 atom stereocenters. The quantitative estimate of drug-likeness (QED) is 0.0688. The van der Waals surface area contributed by atoms with Crippen LogP contribution in [0.5, 0.6) is 0 Å². The Hall–Kier alpha value is -3.37. The summed E-state index contributed by atoms with van der Waals surface area (Å²) in [7, 11) is -3.65. The molecule has 8 heteroatoms. The summed E-state index contributed by atoms with van der Waals surface area (Å²) >= 11 is 0. The number of nitrogens with zero attached hydrogens (tertiary/aromatic N) is 1. The Morgan fingerprint density at radius 2 is 1.23 bits per heavy atom. The predicted octanol–water partition coefficient (Wildman–Crippen LogP) is 11.1. The molecule has 2 N–H and O–H groups in total. The molecule has 1 saturated heterocycles. The first-order valence-corrected chi connectivity index (χ1v) is 22.8. The average Bonchev–Trinajstić information content (AvgIpc) is 3.23. The summed E-state index contributed by atoms with van der Waals surface area (Å²) in [6, 6.07) is 32.8. The van der Waals surface area contributed by atoms with E-state index in [1.807, 2.05) is 36.4 Å². The Bertz CT molecular complexity index is 1780. The van der Waals surface area contributed by atoms with Gasteiger partial charge in [0.05, 0.1) is 23.7 Å². The van der Waals surface area contributed by atoms with Crippen molar-refractivity contribution >= 4 is 10.0 Å². The second kappa shape index (κ2) is 23.1. The normalized spacial score (nSPS) is 18.7. The van der Waals surface area contributed by atoms with E-state index in [9.17, 15) is 13.5 Å². The lowest BCUT2D eigenvalue weighted by atomic mass is 9.89. The van der Waals surface area contributed by atoms with Crippen LogP contribution in [-0.2, 0) is 32.6 Å². The van der Waals surface area contributed by atoms with Crippen LogP contribution in [0.4, 0.5) is 0 Å². The zero-order chi connectivity index (χ0) is 39.6. The molecule has 4 aromatic carbocycles. The first-order chi connectivity index (χ1) is 27.3. The maximum Gasteiger partial charge on any atom is 0.240 e. The second-order valence-electron chi connectivity index (χ2n) is 15.6. The Morgan fingerprint density at radius 1 is 0.661 bits per heavy atom. The molecule has 304 valence electrons. The number of rotatable bonds is 24. The summed E-state index contributed by atoms with van der Waals surface area (Å²) in [5, 5.41) is 9.73. The van der Waals surface area contributed by atoms with Crippen molar-refractivity contribution in [1.29, 1.82) is 0 Å². The average molecular weight is 783 g/mol. The molecule has 0 amide bonds. The molecule has 1 heterocycles. The molecule has 0 bridgehead atoms. The van der Waals surface area contributed by atoms with E-state index >= 15 is 0 Å². The lowest BCUT2D eigenvalue weighted by Gasteiger charge is -2.43. The molecule has 0 unspecified atom stereocenters. The summed E-state index contributed by atoms with van der Waals surface area (Å²) in [6.07, 6.45) is 14.6. The highest BCUT2D eigenvalue weighted by molar-refractivity contribution is 7.89. The Morgan fingerprint density at radius 3 is 1.86 bits per heavy atom. The van der Waals surface area contributed by atoms with Gasteiger partial charge >= 0.3 is 0 Å². The Balaban J connectivity index is 1.33. The summed E-state index contributed by atoms with van der Waals surface area (Å²) in [4.78, 5) is 2.90. The van der Waals surface area contributed by atoms with Gasteiger partial charge in [0, 0.05) is 24.6 Å². The molecular weight excluding hydrogens is 717 g/mol. The third kappa shape index (κ3) is 13.1. The maximum atomic E-state index is 13.0. The van der Waals surface area contributed by atoms with Crippen molar-refractivity contribution in [1.82, 2.24) is 9.62 Å². The molecule has 0 radical (unpaired) electrons. The molecule has 7 nitrogen and oxygen atoms in total. The fourth-order valence-corrected chi connectivity index (χ4v) is 8.77. The van der Waals surface area contributed by atoms with Crippen LogP contribution in [0.1, 0.15) is 132 Å². The van der Waals surface area contributed by atoms with Crippen molar-refractivity contribution in [3.05, 3.63) is 125 Å². The summed E-state index contributed by atoms with van der Waals surface area (Å²) in [5.41, 5.74) is 5.77. The van der Waals surface area contributed by atoms with Gasteiger partial charge in [-0.05, 0) is 65.9 Å². The zero-order valence-corrected chi connectivity index (χ0v) is 34.9. The number of nitrogens with one attached hydrogen (secondary N) is 1. The Kier molecular flexibility index (Phi) is 18.1. The SMILES string of the molecule is CCCCCCCCN(CCCCCCCC)C[C@@H]1O[C@H](c2ccc(-c3ccccc3CNS(=O)(=O)c3ccccc3)cc2)O[C@H](c2ccc(CO)cc2)[C@@H]1C. The first kappa shape index (κ1) is 43.7. The van der Waals surface area contributed by atoms with E-state index in [0.29, 0.717) is 0 Å². The molecule has 1 aliphatic heterocycles. The van der Waals surface area contributed by atoms with Gasteiger partial charge in [-0.25, -0.2) is 13.1 Å². The number of aliphatic hydroxyl groups excluding tert-OH is 1. The number of benzene rings is 4. The van der Waals surface area contributed by atoms with Gasteiger partial charge in [0.1, 0.15) is 0 Å². The summed E-state index contributed by atoms with van der Waals surface area (Å²) < 4.78 is 42.5. The van der Waals surface area contributed by atoms with Gasteiger partial charge in [0.15, 0.2) is 6.29 Å². The van der Waals surface area contributed by atoms with Crippen molar-refractivity contribution in [3.63, 3.8) is 0 Å². The number of hydrogen-bond donors (Lipinski definition) is 2. The van der Waals surface area contributed by atoms with E-state index in [2.05, 4.69) is 66.8 Å². The first-order valence-electron chi connectivity index (χ1n) is 21.3. The number of sulfonamides is 1. The standard InChI is InChI=1S/C48H66N2O5S/c1-4-6-8-10-12-19-33-50(34-20-13-11-9-7-5-2)36-46-38(3)47(41-27-25-39(37-51)26-28-41)55-48(54-46)42-31-29-40(30-32-42)45-24-18-17-21-43(45)35-49-56(52,53)44-22-15-14-16-23-44/h14-18,21-32,38,46-49,51H,4-13,19-20,33-37H2,1-3H3/t38-,46+,47+,48+/m1/s1. The summed E-state index contributed by atoms with van der Waals surface area (Å²) in [6.45, 7) is 10.0. The lowest BCUT2D eigenvalue weighted by Crippen LogP contribution is -2.45. The fourth-order valence-electron chi connectivity index (χ4n) is 7.74. The van der Waals surface area contributed by atoms with Gasteiger partial charge in [-0.2, -0.15) is 0 Å². The minimum atomic E-state index is -3.65. The van der Waals surface area contributed by atoms with Crippen LogP contribution in [0, 0.1) is 5.92 Å². The van der Waals surface area contributed by atoms with Crippen LogP contribution in [0.2, 0.25) is 0 Å². The monoisotopic (exact) mass is 782 g/mol. The minimum Gasteiger partial charge on any atom is -0.392 e. The number of hydrogen-bond acceptors (Lipinski definition) is 6. The molecule has 0 aromatic heterocycles. The van der Waals surface area contributed by atoms with Crippen molar-refractivity contribution in [2.45, 2.75) is 134 Å². The van der Waals surface area contributed by atoms with E-state index in [1.54, 1.807) is 30.3 Å². The van der Waals surface area contributed by atoms with Crippen LogP contribution in [0.15, 0.2) is 108 Å². The van der Waals surface area contributed by atoms with Gasteiger partial charge < -0.3 is 19.5 Å². The van der Waals surface area contributed by atoms with E-state index in [-0.39, 0.29) is 36.2 Å². The van der Waals surface area contributed by atoms with Gasteiger partial charge in [-0.15, -0.1) is 0 Å². The van der Waals surface area contributed by atoms with Crippen LogP contribution >= 0.6 is 0 Å². The largest absolute Gasteiger partial charge is 0.392 e. The molecule has 1 fully saturated rings. The second-order valence-corrected chi connectivity index (χ2v) is 17.3. The smallest absolute Gasteiger partial charge is 0.240 e. The van der Waals surface area contributed by atoms with Gasteiger partial charge in [-0.3, -0.25) is 0 Å². The highest BCUT2D eigenvalue weighted by Gasteiger charge is 2.39. The minimum absolute atomic E-state index is 0.00987. The third-order valence-corrected chi connectivity index (χ3v) is 12.7. The summed E-state index contributed by atoms with van der Waals surface area (Å²) in [5.74, 6) is 0.119. The van der Waals surface area contributed by atoms with Crippen LogP contribution < -0.4 is 4.72 Å². The van der Waals surface area contributed by atoms with Gasteiger partial charge in [0.2, 0.25) is 10.0 Å². The molecule has 0 aliphatic carbocycles. The topological polar surface area (TPSA) is 88.1 Å². The van der Waals surface area contributed by atoms with Gasteiger partial charge in [0.25, 0.3) is 0 Å². The molecule has 0 spiro atoms. The van der Waals surface area contributed by atoms with Crippen molar-refractivity contribution in [2.75, 3.05) is 19.6 Å². The zero-order valence-electron chi connectivity index (χ0n) is 34.1. The highest BCUT2D eigenvalue weighted by Crippen LogP contribution is 2.42. The van der Waals surface area contributed by atoms with E-state index in [1.165, 1.54) is 77.0 Å². The number of ether oxygens (including phenoxy) is 2. The van der Waals surface area contributed by atoms with Crippen LogP contribution in [0.25, 0.3) is 11.1 Å². The van der Waals surface area contributed by atoms with Gasteiger partial charge in [-0.1, -0.05) is 176 Å². The molecule has 0 saturated carbocycles. The maximum absolute atomic E-state index is 13.0. The molecular formula is C48H66N2O5S. The molecule has 56 heavy (non-hydrogen) atoms. The highest BCUT2D eigenvalue weighted by atomic mass is 32.2.